The molecule has 0 unspecified atom stereocenters. The first-order chi connectivity index (χ1) is 13.1. The number of nitrogens with zero attached hydrogens (tertiary/aromatic N) is 2. The Bertz CT molecular complexity index is 833. The second kappa shape index (κ2) is 9.88. The van der Waals surface area contributed by atoms with Crippen LogP contribution in [0.3, 0.4) is 0 Å². The minimum atomic E-state index is 0.0609. The Balaban J connectivity index is 1.39. The van der Waals surface area contributed by atoms with E-state index in [0.29, 0.717) is 13.1 Å². The molecule has 0 fully saturated rings. The zero-order chi connectivity index (χ0) is 19.1. The summed E-state index contributed by atoms with van der Waals surface area (Å²) in [6, 6.07) is 18.7. The van der Waals surface area contributed by atoms with Gasteiger partial charge in [0.25, 0.3) is 0 Å². The van der Waals surface area contributed by atoms with Crippen molar-refractivity contribution in [3.63, 3.8) is 0 Å². The highest BCUT2D eigenvalue weighted by molar-refractivity contribution is 7.98. The maximum Gasteiger partial charge on any atom is 0.234 e. The van der Waals surface area contributed by atoms with Crippen LogP contribution in [0.15, 0.2) is 54.6 Å². The third kappa shape index (κ3) is 5.79. The Hall–Kier alpha value is -1.89. The van der Waals surface area contributed by atoms with Crippen LogP contribution in [0.5, 0.6) is 0 Å². The van der Waals surface area contributed by atoms with Crippen LogP contribution < -0.4 is 5.32 Å². The number of rotatable bonds is 9. The van der Waals surface area contributed by atoms with Crippen LogP contribution >= 0.6 is 23.1 Å². The molecule has 1 atom stereocenters. The summed E-state index contributed by atoms with van der Waals surface area (Å²) in [7, 11) is 1.97. The molecule has 0 aliphatic heterocycles. The maximum atomic E-state index is 12.2. The quantitative estimate of drug-likeness (QED) is 0.544. The summed E-state index contributed by atoms with van der Waals surface area (Å²) in [5.41, 5.74) is 2.34. The van der Waals surface area contributed by atoms with Gasteiger partial charge in [0.1, 0.15) is 5.01 Å². The van der Waals surface area contributed by atoms with Crippen LogP contribution in [0.2, 0.25) is 0 Å². The largest absolute Gasteiger partial charge is 0.354 e. The molecule has 3 rings (SSSR count). The van der Waals surface area contributed by atoms with E-state index in [1.807, 2.05) is 48.0 Å². The molecule has 0 bridgehead atoms. The first kappa shape index (κ1) is 19.9. The summed E-state index contributed by atoms with van der Waals surface area (Å²) in [5.74, 6) is 1.95. The van der Waals surface area contributed by atoms with E-state index in [-0.39, 0.29) is 11.9 Å². The summed E-state index contributed by atoms with van der Waals surface area (Å²) in [5, 5.41) is 4.06. The van der Waals surface area contributed by atoms with Gasteiger partial charge in [0.05, 0.1) is 22.8 Å². The van der Waals surface area contributed by atoms with Crippen LogP contribution in [0, 0.1) is 0 Å². The second-order valence-electron chi connectivity index (χ2n) is 6.50. The molecule has 3 aromatic rings. The summed E-state index contributed by atoms with van der Waals surface area (Å²) in [6.45, 7) is 3.17. The lowest BCUT2D eigenvalue weighted by atomic mass is 10.2. The number of thioether (sulfide) groups is 1. The Kier molecular flexibility index (Phi) is 7.26. The number of benzene rings is 2. The standard InChI is InChI=1S/C21H25N3OS2/c1-16(21-23-18-10-6-7-11-19(18)27-21)24(2)14-20(25)22-12-13-26-15-17-8-4-3-5-9-17/h3-11,16H,12-15H2,1-2H3,(H,22,25)/t16-/m1/s1. The fraction of sp³-hybridized carbons (Fsp3) is 0.333. The average molecular weight is 400 g/mol. The van der Waals surface area contributed by atoms with E-state index in [4.69, 9.17) is 4.98 Å². The van der Waals surface area contributed by atoms with Crippen LogP contribution in [0.25, 0.3) is 10.2 Å². The molecule has 1 aromatic heterocycles. The van der Waals surface area contributed by atoms with Gasteiger partial charge in [-0.05, 0) is 31.7 Å². The molecule has 1 heterocycles. The van der Waals surface area contributed by atoms with Gasteiger partial charge in [-0.2, -0.15) is 11.8 Å². The fourth-order valence-corrected chi connectivity index (χ4v) is 4.61. The highest BCUT2D eigenvalue weighted by atomic mass is 32.2. The van der Waals surface area contributed by atoms with Gasteiger partial charge in [-0.15, -0.1) is 11.3 Å². The summed E-state index contributed by atoms with van der Waals surface area (Å²) < 4.78 is 1.19. The molecule has 0 saturated carbocycles. The fourth-order valence-electron chi connectivity index (χ4n) is 2.70. The van der Waals surface area contributed by atoms with Crippen molar-refractivity contribution in [3.8, 4) is 0 Å². The minimum absolute atomic E-state index is 0.0609. The zero-order valence-corrected chi connectivity index (χ0v) is 17.4. The molecule has 1 amide bonds. The Morgan fingerprint density at radius 3 is 2.70 bits per heavy atom. The molecule has 1 N–H and O–H groups in total. The van der Waals surface area contributed by atoms with Crippen LogP contribution in [0.4, 0.5) is 0 Å². The van der Waals surface area contributed by atoms with Gasteiger partial charge in [0, 0.05) is 18.1 Å². The smallest absolute Gasteiger partial charge is 0.234 e. The van der Waals surface area contributed by atoms with Crippen LogP contribution in [0.1, 0.15) is 23.5 Å². The van der Waals surface area contributed by atoms with Crippen molar-refractivity contribution in [1.82, 2.24) is 15.2 Å². The van der Waals surface area contributed by atoms with Crippen molar-refractivity contribution >= 4 is 39.2 Å². The van der Waals surface area contributed by atoms with E-state index in [1.54, 1.807) is 11.3 Å². The monoisotopic (exact) mass is 399 g/mol. The third-order valence-corrected chi connectivity index (χ3v) is 6.64. The number of hydrogen-bond acceptors (Lipinski definition) is 5. The molecule has 142 valence electrons. The number of amides is 1. The van der Waals surface area contributed by atoms with Crippen LogP contribution in [-0.4, -0.2) is 41.7 Å². The normalized spacial score (nSPS) is 12.4. The number of carbonyl (C=O) groups is 1. The number of aromatic nitrogens is 1. The Morgan fingerprint density at radius 2 is 1.93 bits per heavy atom. The highest BCUT2D eigenvalue weighted by Crippen LogP contribution is 2.28. The lowest BCUT2D eigenvalue weighted by Crippen LogP contribution is -2.37. The van der Waals surface area contributed by atoms with Crippen molar-refractivity contribution in [2.75, 3.05) is 25.9 Å². The van der Waals surface area contributed by atoms with Crippen molar-refractivity contribution in [3.05, 3.63) is 65.2 Å². The minimum Gasteiger partial charge on any atom is -0.354 e. The molecule has 6 heteroatoms. The Labute approximate surface area is 169 Å². The molecule has 27 heavy (non-hydrogen) atoms. The van der Waals surface area contributed by atoms with Gasteiger partial charge < -0.3 is 5.32 Å². The number of fused-ring (bicyclic) bond motifs is 1. The summed E-state index contributed by atoms with van der Waals surface area (Å²) >= 11 is 3.53. The number of hydrogen-bond donors (Lipinski definition) is 1. The molecule has 0 saturated heterocycles. The number of thiazole rings is 1. The third-order valence-electron chi connectivity index (χ3n) is 4.40. The summed E-state index contributed by atoms with van der Waals surface area (Å²) in [6.07, 6.45) is 0. The van der Waals surface area contributed by atoms with E-state index in [9.17, 15) is 4.79 Å². The molecular formula is C21H25N3OS2. The molecule has 0 aliphatic carbocycles. The number of nitrogens with one attached hydrogen (secondary N) is 1. The average Bonchev–Trinajstić information content (AvgIpc) is 3.12. The first-order valence-corrected chi connectivity index (χ1v) is 11.0. The predicted molar refractivity (Wildman–Crippen MR) is 116 cm³/mol. The zero-order valence-electron chi connectivity index (χ0n) is 15.7. The molecular weight excluding hydrogens is 374 g/mol. The van der Waals surface area contributed by atoms with E-state index in [2.05, 4.69) is 42.6 Å². The SMILES string of the molecule is C[C@H](c1nc2ccccc2s1)N(C)CC(=O)NCCSCc1ccccc1. The summed E-state index contributed by atoms with van der Waals surface area (Å²) in [4.78, 5) is 19.0. The predicted octanol–water partition coefficient (Wildman–Crippen LogP) is 4.34. The van der Waals surface area contributed by atoms with E-state index in [0.717, 1.165) is 22.0 Å². The first-order valence-electron chi connectivity index (χ1n) is 9.07. The van der Waals surface area contributed by atoms with Gasteiger partial charge >= 0.3 is 0 Å². The molecule has 0 aliphatic rings. The van der Waals surface area contributed by atoms with E-state index in [1.165, 1.54) is 10.3 Å². The van der Waals surface area contributed by atoms with Crippen molar-refractivity contribution in [2.45, 2.75) is 18.7 Å². The van der Waals surface area contributed by atoms with Crippen molar-refractivity contribution in [2.24, 2.45) is 0 Å². The van der Waals surface area contributed by atoms with Crippen molar-refractivity contribution in [1.29, 1.82) is 0 Å². The Morgan fingerprint density at radius 1 is 1.19 bits per heavy atom. The van der Waals surface area contributed by atoms with Gasteiger partial charge in [-0.1, -0.05) is 42.5 Å². The van der Waals surface area contributed by atoms with Gasteiger partial charge in [0.2, 0.25) is 5.91 Å². The number of likely N-dealkylation sites (N-methyl/N-ethyl adjacent to an activating group) is 1. The van der Waals surface area contributed by atoms with E-state index >= 15 is 0 Å². The van der Waals surface area contributed by atoms with Crippen LogP contribution in [-0.2, 0) is 10.5 Å². The topological polar surface area (TPSA) is 45.2 Å². The molecule has 0 spiro atoms. The highest BCUT2D eigenvalue weighted by Gasteiger charge is 2.18. The van der Waals surface area contributed by atoms with Gasteiger partial charge in [-0.25, -0.2) is 4.98 Å². The van der Waals surface area contributed by atoms with Gasteiger partial charge in [0.15, 0.2) is 0 Å². The number of carbonyl (C=O) groups excluding carboxylic acids is 1. The molecule has 0 radical (unpaired) electrons. The number of para-hydroxylation sites is 1. The van der Waals surface area contributed by atoms with E-state index < -0.39 is 0 Å². The lowest BCUT2D eigenvalue weighted by molar-refractivity contribution is -0.122. The van der Waals surface area contributed by atoms with Crippen molar-refractivity contribution < 1.29 is 4.79 Å². The molecule has 4 nitrogen and oxygen atoms in total. The lowest BCUT2D eigenvalue weighted by Gasteiger charge is -2.22. The second-order valence-corrected chi connectivity index (χ2v) is 8.67. The maximum absolute atomic E-state index is 12.2. The molecule has 2 aromatic carbocycles. The van der Waals surface area contributed by atoms with Gasteiger partial charge in [-0.3, -0.25) is 9.69 Å².